The summed E-state index contributed by atoms with van der Waals surface area (Å²) in [5.41, 5.74) is 0.527. The first-order chi connectivity index (χ1) is 11.5. The molecule has 0 heterocycles. The van der Waals surface area contributed by atoms with Crippen molar-refractivity contribution in [1.29, 1.82) is 0 Å². The predicted molar refractivity (Wildman–Crippen MR) is 88.5 cm³/mol. The quantitative estimate of drug-likeness (QED) is 0.640. The molecule has 1 aromatic carbocycles. The molecule has 0 aliphatic heterocycles. The van der Waals surface area contributed by atoms with Gasteiger partial charge in [-0.05, 0) is 12.0 Å². The van der Waals surface area contributed by atoms with Crippen LogP contribution < -0.4 is 0 Å². The van der Waals surface area contributed by atoms with Gasteiger partial charge in [-0.15, -0.1) is 0 Å². The second-order valence-electron chi connectivity index (χ2n) is 5.93. The third-order valence-electron chi connectivity index (χ3n) is 4.36. The van der Waals surface area contributed by atoms with E-state index in [-0.39, 0.29) is 18.4 Å². The van der Waals surface area contributed by atoms with Gasteiger partial charge in [-0.3, -0.25) is 14.4 Å². The number of esters is 1. The number of methoxy groups -OCH3 is 1. The van der Waals surface area contributed by atoms with Gasteiger partial charge in [0, 0.05) is 18.8 Å². The molecule has 0 saturated carbocycles. The molecule has 5 nitrogen and oxygen atoms in total. The van der Waals surface area contributed by atoms with E-state index in [4.69, 9.17) is 4.74 Å². The molecule has 5 heteroatoms. The molecule has 128 valence electrons. The van der Waals surface area contributed by atoms with Crippen LogP contribution in [-0.2, 0) is 19.1 Å². The van der Waals surface area contributed by atoms with E-state index in [0.717, 1.165) is 12.0 Å². The first kappa shape index (κ1) is 17.9. The number of hydrogen-bond acceptors (Lipinski definition) is 5. The molecule has 2 rings (SSSR count). The fourth-order valence-electron chi connectivity index (χ4n) is 3.08. The van der Waals surface area contributed by atoms with Crippen LogP contribution in [0.25, 0.3) is 0 Å². The van der Waals surface area contributed by atoms with Crippen molar-refractivity contribution in [2.75, 3.05) is 7.11 Å². The van der Waals surface area contributed by atoms with Crippen molar-refractivity contribution in [2.24, 2.45) is 5.92 Å². The van der Waals surface area contributed by atoms with Crippen molar-refractivity contribution < 1.29 is 24.2 Å². The van der Waals surface area contributed by atoms with Crippen LogP contribution in [0.4, 0.5) is 0 Å². The molecule has 2 unspecified atom stereocenters. The highest BCUT2D eigenvalue weighted by Gasteiger charge is 2.43. The van der Waals surface area contributed by atoms with Gasteiger partial charge in [-0.25, -0.2) is 0 Å². The van der Waals surface area contributed by atoms with Gasteiger partial charge in [-0.2, -0.15) is 0 Å². The van der Waals surface area contributed by atoms with Gasteiger partial charge in [0.05, 0.1) is 12.7 Å². The summed E-state index contributed by atoms with van der Waals surface area (Å²) in [6.45, 7) is 1.94. The Bertz CT molecular complexity index is 660. The van der Waals surface area contributed by atoms with E-state index in [0.29, 0.717) is 6.42 Å². The second kappa shape index (κ2) is 7.90. The largest absolute Gasteiger partial charge is 0.510 e. The summed E-state index contributed by atoms with van der Waals surface area (Å²) >= 11 is 0. The Morgan fingerprint density at radius 2 is 1.92 bits per heavy atom. The maximum absolute atomic E-state index is 12.5. The van der Waals surface area contributed by atoms with Crippen molar-refractivity contribution in [3.8, 4) is 0 Å². The minimum atomic E-state index is -1.03. The molecule has 1 aromatic rings. The lowest BCUT2D eigenvalue weighted by Gasteiger charge is -2.30. The Labute approximate surface area is 141 Å². The van der Waals surface area contributed by atoms with E-state index in [1.54, 1.807) is 24.3 Å². The van der Waals surface area contributed by atoms with Crippen molar-refractivity contribution in [3.63, 3.8) is 0 Å². The fraction of sp³-hybridized carbons (Fsp3) is 0.421. The van der Waals surface area contributed by atoms with E-state index in [9.17, 15) is 19.5 Å². The Hall–Kier alpha value is -2.43. The summed E-state index contributed by atoms with van der Waals surface area (Å²) < 4.78 is 4.80. The summed E-state index contributed by atoms with van der Waals surface area (Å²) in [5, 5.41) is 10.5. The Balaban J connectivity index is 2.46. The number of carbonyl (C=O) groups is 3. The topological polar surface area (TPSA) is 80.7 Å². The van der Waals surface area contributed by atoms with Gasteiger partial charge in [0.2, 0.25) is 0 Å². The number of aliphatic hydroxyl groups is 1. The van der Waals surface area contributed by atoms with E-state index in [1.165, 1.54) is 7.11 Å². The molecular weight excluding hydrogens is 308 g/mol. The van der Waals surface area contributed by atoms with Crippen LogP contribution in [0, 0.1) is 5.92 Å². The molecule has 1 aliphatic carbocycles. The summed E-state index contributed by atoms with van der Waals surface area (Å²) in [6, 6.07) is 9.03. The van der Waals surface area contributed by atoms with E-state index >= 15 is 0 Å². The molecule has 1 aliphatic rings. The first-order valence-corrected chi connectivity index (χ1v) is 8.13. The third kappa shape index (κ3) is 3.55. The van der Waals surface area contributed by atoms with Crippen molar-refractivity contribution in [3.05, 3.63) is 47.2 Å². The Kier molecular flexibility index (Phi) is 5.90. The molecule has 0 saturated heterocycles. The Morgan fingerprint density at radius 1 is 1.25 bits per heavy atom. The number of unbranched alkanes of at least 4 members (excludes halogenated alkanes) is 1. The van der Waals surface area contributed by atoms with E-state index in [1.807, 2.05) is 13.0 Å². The van der Waals surface area contributed by atoms with Crippen LogP contribution in [0.1, 0.15) is 44.1 Å². The highest BCUT2D eigenvalue weighted by Crippen LogP contribution is 2.40. The molecule has 0 amide bonds. The number of ketones is 2. The van der Waals surface area contributed by atoms with Gasteiger partial charge in [0.1, 0.15) is 11.7 Å². The standard InChI is InChI=1S/C19H22O5/c1-3-4-10-14(20)17-15(21)11-13(12-8-6-5-7-9-12)16(18(17)22)19(23)24-2/h5-9,13,16,22H,3-4,10-11H2,1-2H3. The van der Waals surface area contributed by atoms with E-state index < -0.39 is 35.1 Å². The summed E-state index contributed by atoms with van der Waals surface area (Å²) in [7, 11) is 1.23. The van der Waals surface area contributed by atoms with Crippen molar-refractivity contribution in [2.45, 2.75) is 38.5 Å². The first-order valence-electron chi connectivity index (χ1n) is 8.13. The highest BCUT2D eigenvalue weighted by atomic mass is 16.5. The van der Waals surface area contributed by atoms with Crippen LogP contribution in [-0.4, -0.2) is 29.8 Å². The highest BCUT2D eigenvalue weighted by molar-refractivity contribution is 6.21. The number of benzene rings is 1. The van der Waals surface area contributed by atoms with Crippen LogP contribution >= 0.6 is 0 Å². The molecule has 0 spiro atoms. The zero-order chi connectivity index (χ0) is 17.7. The number of ether oxygens (including phenoxy) is 1. The van der Waals surface area contributed by atoms with Gasteiger partial charge < -0.3 is 9.84 Å². The molecule has 0 fully saturated rings. The number of carbonyl (C=O) groups excluding carboxylic acids is 3. The van der Waals surface area contributed by atoms with Crippen molar-refractivity contribution in [1.82, 2.24) is 0 Å². The van der Waals surface area contributed by atoms with Gasteiger partial charge in [0.25, 0.3) is 0 Å². The average Bonchev–Trinajstić information content (AvgIpc) is 2.59. The maximum Gasteiger partial charge on any atom is 0.317 e. The number of aliphatic hydroxyl groups excluding tert-OH is 1. The average molecular weight is 330 g/mol. The normalized spacial score (nSPS) is 20.8. The van der Waals surface area contributed by atoms with Crippen LogP contribution in [0.3, 0.4) is 0 Å². The van der Waals surface area contributed by atoms with Gasteiger partial charge in [-0.1, -0.05) is 43.7 Å². The summed E-state index contributed by atoms with van der Waals surface area (Å²) in [4.78, 5) is 37.0. The lowest BCUT2D eigenvalue weighted by Crippen LogP contribution is -2.35. The third-order valence-corrected chi connectivity index (χ3v) is 4.36. The Morgan fingerprint density at radius 3 is 2.50 bits per heavy atom. The number of rotatable bonds is 6. The summed E-state index contributed by atoms with van der Waals surface area (Å²) in [6.07, 6.45) is 1.63. The second-order valence-corrected chi connectivity index (χ2v) is 5.93. The van der Waals surface area contributed by atoms with Crippen LogP contribution in [0.15, 0.2) is 41.7 Å². The maximum atomic E-state index is 12.5. The zero-order valence-electron chi connectivity index (χ0n) is 14.0. The lowest BCUT2D eigenvalue weighted by molar-refractivity contribution is -0.146. The smallest absolute Gasteiger partial charge is 0.317 e. The molecule has 2 atom stereocenters. The minimum Gasteiger partial charge on any atom is -0.510 e. The monoisotopic (exact) mass is 330 g/mol. The molecule has 0 aromatic heterocycles. The fourth-order valence-corrected chi connectivity index (χ4v) is 3.08. The molecule has 0 radical (unpaired) electrons. The number of allylic oxidation sites excluding steroid dienone is 1. The summed E-state index contributed by atoms with van der Waals surface area (Å²) in [5.74, 6) is -3.48. The molecule has 0 bridgehead atoms. The molecule has 24 heavy (non-hydrogen) atoms. The van der Waals surface area contributed by atoms with Gasteiger partial charge >= 0.3 is 5.97 Å². The van der Waals surface area contributed by atoms with E-state index in [2.05, 4.69) is 0 Å². The molecular formula is C19H22O5. The lowest BCUT2D eigenvalue weighted by atomic mass is 9.73. The minimum absolute atomic E-state index is 0.00103. The zero-order valence-corrected chi connectivity index (χ0v) is 14.0. The van der Waals surface area contributed by atoms with Crippen LogP contribution in [0.5, 0.6) is 0 Å². The SMILES string of the molecule is CCCCC(=O)C1=C(O)C(C(=O)OC)C(c2ccccc2)CC1=O. The van der Waals surface area contributed by atoms with Crippen LogP contribution in [0.2, 0.25) is 0 Å². The number of Topliss-reactive ketones (excluding diaryl/α,β-unsaturated/α-hetero) is 2. The number of hydrogen-bond donors (Lipinski definition) is 1. The van der Waals surface area contributed by atoms with Gasteiger partial charge in [0.15, 0.2) is 11.6 Å². The molecule has 1 N–H and O–H groups in total. The predicted octanol–water partition coefficient (Wildman–Crippen LogP) is 3.10. The van der Waals surface area contributed by atoms with Crippen molar-refractivity contribution >= 4 is 17.5 Å².